The minimum atomic E-state index is -4.33. The molecule has 1 rings (SSSR count). The Morgan fingerprint density at radius 1 is 1.33 bits per heavy atom. The van der Waals surface area contributed by atoms with Crippen LogP contribution >= 0.6 is 15.9 Å². The zero-order valence-corrected chi connectivity index (χ0v) is 12.0. The Labute approximate surface area is 114 Å². The van der Waals surface area contributed by atoms with Gasteiger partial charge >= 0.3 is 6.18 Å². The molecule has 1 atom stereocenters. The van der Waals surface area contributed by atoms with Gasteiger partial charge in [0.1, 0.15) is 0 Å². The van der Waals surface area contributed by atoms with E-state index in [1.807, 2.05) is 0 Å². The Hall–Kier alpha value is -0.710. The SMILES string of the molecule is CCCC(C)CNc1ccc(Br)c(C(F)(F)F)c1. The second-order valence-corrected chi connectivity index (χ2v) is 5.32. The highest BCUT2D eigenvalue weighted by Crippen LogP contribution is 2.36. The van der Waals surface area contributed by atoms with Gasteiger partial charge in [-0.05, 0) is 30.5 Å². The van der Waals surface area contributed by atoms with Crippen LogP contribution in [0, 0.1) is 5.92 Å². The lowest BCUT2D eigenvalue weighted by molar-refractivity contribution is -0.138. The number of nitrogens with one attached hydrogen (secondary N) is 1. The minimum absolute atomic E-state index is 0.0714. The molecule has 1 N–H and O–H groups in total. The molecule has 0 fully saturated rings. The molecule has 1 nitrogen and oxygen atoms in total. The molecule has 1 aromatic carbocycles. The second-order valence-electron chi connectivity index (χ2n) is 4.47. The number of halogens is 4. The van der Waals surface area contributed by atoms with E-state index < -0.39 is 11.7 Å². The average Bonchev–Trinajstić information content (AvgIpc) is 2.27. The molecule has 0 aliphatic carbocycles. The monoisotopic (exact) mass is 323 g/mol. The smallest absolute Gasteiger partial charge is 0.385 e. The quantitative estimate of drug-likeness (QED) is 0.773. The van der Waals surface area contributed by atoms with E-state index in [0.29, 0.717) is 18.2 Å². The molecule has 0 aliphatic heterocycles. The van der Waals surface area contributed by atoms with Gasteiger partial charge < -0.3 is 5.32 Å². The molecule has 0 aliphatic rings. The Morgan fingerprint density at radius 2 is 2.00 bits per heavy atom. The van der Waals surface area contributed by atoms with Crippen molar-refractivity contribution < 1.29 is 13.2 Å². The number of anilines is 1. The van der Waals surface area contributed by atoms with Crippen molar-refractivity contribution in [2.45, 2.75) is 32.9 Å². The summed E-state index contributed by atoms with van der Waals surface area (Å²) in [5, 5.41) is 3.05. The summed E-state index contributed by atoms with van der Waals surface area (Å²) in [6, 6.07) is 4.22. The van der Waals surface area contributed by atoms with Gasteiger partial charge in [-0.1, -0.05) is 36.2 Å². The predicted octanol–water partition coefficient (Wildman–Crippen LogP) is 5.32. The van der Waals surface area contributed by atoms with Crippen LogP contribution in [0.15, 0.2) is 22.7 Å². The topological polar surface area (TPSA) is 12.0 Å². The first-order valence-corrected chi connectivity index (χ1v) is 6.74. The van der Waals surface area contributed by atoms with Crippen molar-refractivity contribution in [3.63, 3.8) is 0 Å². The molecule has 1 unspecified atom stereocenters. The van der Waals surface area contributed by atoms with Crippen LogP contribution in [0.3, 0.4) is 0 Å². The molecule has 0 spiro atoms. The lowest BCUT2D eigenvalue weighted by atomic mass is 10.1. The maximum absolute atomic E-state index is 12.7. The lowest BCUT2D eigenvalue weighted by Gasteiger charge is -2.15. The average molecular weight is 324 g/mol. The van der Waals surface area contributed by atoms with Crippen molar-refractivity contribution in [1.82, 2.24) is 0 Å². The van der Waals surface area contributed by atoms with Gasteiger partial charge in [0.05, 0.1) is 5.56 Å². The molecule has 0 heterocycles. The number of hydrogen-bond acceptors (Lipinski definition) is 1. The van der Waals surface area contributed by atoms with Gasteiger partial charge in [0.2, 0.25) is 0 Å². The largest absolute Gasteiger partial charge is 0.417 e. The van der Waals surface area contributed by atoms with Crippen LogP contribution in [0.25, 0.3) is 0 Å². The van der Waals surface area contributed by atoms with Gasteiger partial charge in [-0.25, -0.2) is 0 Å². The standard InChI is InChI=1S/C13H17BrF3N/c1-3-4-9(2)8-18-10-5-6-12(14)11(7-10)13(15,16)17/h5-7,9,18H,3-4,8H2,1-2H3. The van der Waals surface area contributed by atoms with E-state index in [2.05, 4.69) is 35.1 Å². The van der Waals surface area contributed by atoms with Crippen molar-refractivity contribution in [3.05, 3.63) is 28.2 Å². The molecule has 0 saturated carbocycles. The van der Waals surface area contributed by atoms with Gasteiger partial charge in [0.25, 0.3) is 0 Å². The number of alkyl halides is 3. The van der Waals surface area contributed by atoms with Crippen LogP contribution in [-0.4, -0.2) is 6.54 Å². The van der Waals surface area contributed by atoms with Gasteiger partial charge in [0, 0.05) is 16.7 Å². The van der Waals surface area contributed by atoms with Crippen LogP contribution in [0.2, 0.25) is 0 Å². The van der Waals surface area contributed by atoms with Crippen molar-refractivity contribution in [3.8, 4) is 0 Å². The van der Waals surface area contributed by atoms with Crippen molar-refractivity contribution in [2.75, 3.05) is 11.9 Å². The van der Waals surface area contributed by atoms with Gasteiger partial charge in [0.15, 0.2) is 0 Å². The fourth-order valence-electron chi connectivity index (χ4n) is 1.74. The number of hydrogen-bond donors (Lipinski definition) is 1. The first-order valence-electron chi connectivity index (χ1n) is 5.95. The summed E-state index contributed by atoms with van der Waals surface area (Å²) in [7, 11) is 0. The first kappa shape index (κ1) is 15.3. The van der Waals surface area contributed by atoms with Crippen molar-refractivity contribution in [2.24, 2.45) is 5.92 Å². The Kier molecular flexibility index (Phi) is 5.50. The Balaban J connectivity index is 2.74. The second kappa shape index (κ2) is 6.45. The van der Waals surface area contributed by atoms with Crippen LogP contribution in [0.4, 0.5) is 18.9 Å². The number of rotatable bonds is 5. The molecule has 0 aromatic heterocycles. The molecule has 102 valence electrons. The molecular weight excluding hydrogens is 307 g/mol. The molecule has 18 heavy (non-hydrogen) atoms. The zero-order valence-electron chi connectivity index (χ0n) is 10.4. The number of benzene rings is 1. The van der Waals surface area contributed by atoms with E-state index in [9.17, 15) is 13.2 Å². The zero-order chi connectivity index (χ0) is 13.8. The lowest BCUT2D eigenvalue weighted by Crippen LogP contribution is -2.12. The fraction of sp³-hybridized carbons (Fsp3) is 0.538. The maximum Gasteiger partial charge on any atom is 0.417 e. The van der Waals surface area contributed by atoms with E-state index in [1.54, 1.807) is 6.07 Å². The van der Waals surface area contributed by atoms with E-state index in [1.165, 1.54) is 6.07 Å². The van der Waals surface area contributed by atoms with Gasteiger partial charge in [-0.15, -0.1) is 0 Å². The Bertz CT molecular complexity index is 390. The van der Waals surface area contributed by atoms with E-state index >= 15 is 0 Å². The summed E-state index contributed by atoms with van der Waals surface area (Å²) in [6.45, 7) is 4.87. The molecule has 0 radical (unpaired) electrons. The molecule has 1 aromatic rings. The third-order valence-electron chi connectivity index (χ3n) is 2.71. The van der Waals surface area contributed by atoms with Crippen LogP contribution in [0.1, 0.15) is 32.3 Å². The summed E-state index contributed by atoms with van der Waals surface area (Å²) in [4.78, 5) is 0. The summed E-state index contributed by atoms with van der Waals surface area (Å²) in [5.74, 6) is 0.452. The third-order valence-corrected chi connectivity index (χ3v) is 3.40. The van der Waals surface area contributed by atoms with E-state index in [0.717, 1.165) is 18.9 Å². The molecule has 0 amide bonds. The molecule has 5 heteroatoms. The van der Waals surface area contributed by atoms with Crippen LogP contribution < -0.4 is 5.32 Å². The molecule has 0 bridgehead atoms. The van der Waals surface area contributed by atoms with Crippen LogP contribution in [0.5, 0.6) is 0 Å². The minimum Gasteiger partial charge on any atom is -0.385 e. The summed E-state index contributed by atoms with van der Waals surface area (Å²) < 4.78 is 38.1. The maximum atomic E-state index is 12.7. The highest BCUT2D eigenvalue weighted by molar-refractivity contribution is 9.10. The van der Waals surface area contributed by atoms with Crippen molar-refractivity contribution in [1.29, 1.82) is 0 Å². The highest BCUT2D eigenvalue weighted by Gasteiger charge is 2.33. The predicted molar refractivity (Wildman–Crippen MR) is 71.7 cm³/mol. The summed E-state index contributed by atoms with van der Waals surface area (Å²) in [5.41, 5.74) is -0.135. The Morgan fingerprint density at radius 3 is 2.56 bits per heavy atom. The van der Waals surface area contributed by atoms with E-state index in [-0.39, 0.29) is 4.47 Å². The van der Waals surface area contributed by atoms with Crippen LogP contribution in [-0.2, 0) is 6.18 Å². The normalized spacial score (nSPS) is 13.4. The molecular formula is C13H17BrF3N. The summed E-state index contributed by atoms with van der Waals surface area (Å²) in [6.07, 6.45) is -2.18. The highest BCUT2D eigenvalue weighted by atomic mass is 79.9. The third kappa shape index (κ3) is 4.52. The molecule has 0 saturated heterocycles. The van der Waals surface area contributed by atoms with Gasteiger partial charge in [-0.2, -0.15) is 13.2 Å². The summed E-state index contributed by atoms with van der Waals surface area (Å²) >= 11 is 2.92. The first-order chi connectivity index (χ1) is 8.34. The van der Waals surface area contributed by atoms with Gasteiger partial charge in [-0.3, -0.25) is 0 Å². The van der Waals surface area contributed by atoms with E-state index in [4.69, 9.17) is 0 Å². The fourth-order valence-corrected chi connectivity index (χ4v) is 2.21. The van der Waals surface area contributed by atoms with Crippen molar-refractivity contribution >= 4 is 21.6 Å².